The summed E-state index contributed by atoms with van der Waals surface area (Å²) >= 11 is 0. The number of benzene rings is 1. The molecule has 1 heteroatoms. The van der Waals surface area contributed by atoms with Gasteiger partial charge in [-0.15, -0.1) is 0 Å². The van der Waals surface area contributed by atoms with E-state index in [1.807, 2.05) is 18.2 Å². The zero-order valence-electron chi connectivity index (χ0n) is 6.46. The van der Waals surface area contributed by atoms with Crippen LogP contribution in [-0.4, -0.2) is 6.04 Å². The van der Waals surface area contributed by atoms with E-state index >= 15 is 0 Å². The van der Waals surface area contributed by atoms with Crippen LogP contribution in [0.2, 0.25) is 0 Å². The highest BCUT2D eigenvalue weighted by atomic mass is 14.9. The maximum Gasteiger partial charge on any atom is 0.0342 e. The number of rotatable bonds is 2. The average molecular weight is 137 g/mol. The second-order valence-electron chi connectivity index (χ2n) is 2.67. The van der Waals surface area contributed by atoms with E-state index in [2.05, 4.69) is 31.3 Å². The number of nitrogens with one attached hydrogen (secondary N) is 1. The molecule has 1 aromatic rings. The molecule has 0 spiro atoms. The zero-order chi connectivity index (χ0) is 7.40. The molecule has 0 aliphatic carbocycles. The summed E-state index contributed by atoms with van der Waals surface area (Å²) in [6.45, 7) is 4.26. The van der Waals surface area contributed by atoms with Gasteiger partial charge in [-0.1, -0.05) is 18.2 Å². The maximum atomic E-state index is 3.30. The van der Waals surface area contributed by atoms with Gasteiger partial charge in [-0.05, 0) is 26.0 Å². The Balaban J connectivity index is 0.000001000. The standard InChI is InChI=1S/C9H13N.H2/c1-8(2)10-9-6-4-3-5-7-9;/h3-8,10H,1-2H3;1H. The lowest BCUT2D eigenvalue weighted by atomic mass is 10.3. The fourth-order valence-electron chi connectivity index (χ4n) is 0.868. The van der Waals surface area contributed by atoms with E-state index < -0.39 is 0 Å². The van der Waals surface area contributed by atoms with Crippen LogP contribution in [-0.2, 0) is 0 Å². The van der Waals surface area contributed by atoms with E-state index in [0.29, 0.717) is 6.04 Å². The van der Waals surface area contributed by atoms with Crippen molar-refractivity contribution in [3.8, 4) is 0 Å². The molecule has 0 saturated carbocycles. The van der Waals surface area contributed by atoms with Gasteiger partial charge < -0.3 is 5.32 Å². The van der Waals surface area contributed by atoms with Gasteiger partial charge in [0.1, 0.15) is 0 Å². The van der Waals surface area contributed by atoms with Crippen molar-refractivity contribution < 1.29 is 1.43 Å². The van der Waals surface area contributed by atoms with Gasteiger partial charge in [0.2, 0.25) is 0 Å². The van der Waals surface area contributed by atoms with Crippen LogP contribution >= 0.6 is 0 Å². The Bertz CT molecular complexity index is 184. The van der Waals surface area contributed by atoms with Crippen LogP contribution in [0.1, 0.15) is 15.3 Å². The molecule has 0 aliphatic heterocycles. The lowest BCUT2D eigenvalue weighted by molar-refractivity contribution is 0.900. The smallest absolute Gasteiger partial charge is 0.0342 e. The Morgan fingerprint density at radius 1 is 1.20 bits per heavy atom. The predicted molar refractivity (Wildman–Crippen MR) is 47.3 cm³/mol. The van der Waals surface area contributed by atoms with Gasteiger partial charge in [-0.2, -0.15) is 0 Å². The Morgan fingerprint density at radius 3 is 2.30 bits per heavy atom. The van der Waals surface area contributed by atoms with Crippen LogP contribution in [0.4, 0.5) is 5.69 Å². The van der Waals surface area contributed by atoms with E-state index in [-0.39, 0.29) is 1.43 Å². The zero-order valence-corrected chi connectivity index (χ0v) is 6.46. The van der Waals surface area contributed by atoms with Crippen molar-refractivity contribution in [1.82, 2.24) is 0 Å². The third-order valence-corrected chi connectivity index (χ3v) is 1.23. The summed E-state index contributed by atoms with van der Waals surface area (Å²) in [5, 5.41) is 3.30. The summed E-state index contributed by atoms with van der Waals surface area (Å²) in [5.41, 5.74) is 1.19. The summed E-state index contributed by atoms with van der Waals surface area (Å²) in [6.07, 6.45) is 0. The van der Waals surface area contributed by atoms with Crippen molar-refractivity contribution in [3.05, 3.63) is 30.3 Å². The van der Waals surface area contributed by atoms with Crippen LogP contribution < -0.4 is 5.32 Å². The molecular formula is C9H15N. The number of hydrogen-bond donors (Lipinski definition) is 1. The van der Waals surface area contributed by atoms with Gasteiger partial charge in [0.15, 0.2) is 0 Å². The minimum Gasteiger partial charge on any atom is -0.383 e. The third-order valence-electron chi connectivity index (χ3n) is 1.23. The summed E-state index contributed by atoms with van der Waals surface area (Å²) in [7, 11) is 0. The lowest BCUT2D eigenvalue weighted by Crippen LogP contribution is -2.08. The molecule has 0 saturated heterocycles. The van der Waals surface area contributed by atoms with E-state index in [9.17, 15) is 0 Å². The first-order chi connectivity index (χ1) is 4.79. The highest BCUT2D eigenvalue weighted by Gasteiger charge is 1.90. The molecule has 1 nitrogen and oxygen atoms in total. The largest absolute Gasteiger partial charge is 0.383 e. The first kappa shape index (κ1) is 7.13. The Morgan fingerprint density at radius 2 is 1.80 bits per heavy atom. The Hall–Kier alpha value is -0.980. The van der Waals surface area contributed by atoms with E-state index in [1.54, 1.807) is 0 Å². The van der Waals surface area contributed by atoms with Crippen molar-refractivity contribution >= 4 is 5.69 Å². The second-order valence-corrected chi connectivity index (χ2v) is 2.67. The van der Waals surface area contributed by atoms with E-state index in [1.165, 1.54) is 5.69 Å². The number of para-hydroxylation sites is 1. The molecule has 0 bridgehead atoms. The molecule has 56 valence electrons. The number of hydrogen-bond acceptors (Lipinski definition) is 1. The lowest BCUT2D eigenvalue weighted by Gasteiger charge is -2.08. The fourth-order valence-corrected chi connectivity index (χ4v) is 0.868. The first-order valence-corrected chi connectivity index (χ1v) is 3.60. The van der Waals surface area contributed by atoms with Gasteiger partial charge in [0.25, 0.3) is 0 Å². The molecule has 0 radical (unpaired) electrons. The average Bonchev–Trinajstić information content (AvgIpc) is 1.88. The topological polar surface area (TPSA) is 12.0 Å². The minimum atomic E-state index is 0. The minimum absolute atomic E-state index is 0. The SMILES string of the molecule is CC(C)Nc1ccccc1.[HH]. The van der Waals surface area contributed by atoms with Crippen LogP contribution in [0.25, 0.3) is 0 Å². The Kier molecular flexibility index (Phi) is 2.32. The maximum absolute atomic E-state index is 3.30. The number of anilines is 1. The van der Waals surface area contributed by atoms with Crippen molar-refractivity contribution in [3.63, 3.8) is 0 Å². The summed E-state index contributed by atoms with van der Waals surface area (Å²) in [6, 6.07) is 10.7. The molecule has 0 aromatic heterocycles. The molecule has 0 heterocycles. The fraction of sp³-hybridized carbons (Fsp3) is 0.333. The summed E-state index contributed by atoms with van der Waals surface area (Å²) in [5.74, 6) is 0. The van der Waals surface area contributed by atoms with E-state index in [4.69, 9.17) is 0 Å². The van der Waals surface area contributed by atoms with Gasteiger partial charge in [0.05, 0.1) is 0 Å². The normalized spacial score (nSPS) is 9.90. The molecular weight excluding hydrogens is 122 g/mol. The molecule has 1 rings (SSSR count). The second kappa shape index (κ2) is 3.25. The highest BCUT2D eigenvalue weighted by Crippen LogP contribution is 2.05. The van der Waals surface area contributed by atoms with E-state index in [0.717, 1.165) is 0 Å². The van der Waals surface area contributed by atoms with Gasteiger partial charge in [0, 0.05) is 13.2 Å². The molecule has 0 aliphatic rings. The molecule has 1 aromatic carbocycles. The van der Waals surface area contributed by atoms with Crippen molar-refractivity contribution in [2.45, 2.75) is 19.9 Å². The summed E-state index contributed by atoms with van der Waals surface area (Å²) in [4.78, 5) is 0. The molecule has 0 unspecified atom stereocenters. The highest BCUT2D eigenvalue weighted by molar-refractivity contribution is 5.42. The third kappa shape index (κ3) is 2.09. The molecule has 10 heavy (non-hydrogen) atoms. The monoisotopic (exact) mass is 137 g/mol. The molecule has 0 atom stereocenters. The predicted octanol–water partition coefficient (Wildman–Crippen LogP) is 2.75. The van der Waals surface area contributed by atoms with Gasteiger partial charge in [-0.25, -0.2) is 0 Å². The molecule has 1 N–H and O–H groups in total. The van der Waals surface area contributed by atoms with Crippen molar-refractivity contribution in [2.75, 3.05) is 5.32 Å². The van der Waals surface area contributed by atoms with Gasteiger partial charge in [-0.3, -0.25) is 0 Å². The first-order valence-electron chi connectivity index (χ1n) is 3.60. The molecule has 0 amide bonds. The Labute approximate surface area is 63.6 Å². The van der Waals surface area contributed by atoms with Crippen LogP contribution in [0, 0.1) is 0 Å². The quantitative estimate of drug-likeness (QED) is 0.661. The van der Waals surface area contributed by atoms with Crippen molar-refractivity contribution in [2.24, 2.45) is 0 Å². The summed E-state index contributed by atoms with van der Waals surface area (Å²) < 4.78 is 0. The van der Waals surface area contributed by atoms with Gasteiger partial charge >= 0.3 is 0 Å². The van der Waals surface area contributed by atoms with Crippen LogP contribution in [0.3, 0.4) is 0 Å². The molecule has 0 fully saturated rings. The van der Waals surface area contributed by atoms with Crippen LogP contribution in [0.15, 0.2) is 30.3 Å². The van der Waals surface area contributed by atoms with Crippen molar-refractivity contribution in [1.29, 1.82) is 0 Å². The van der Waals surface area contributed by atoms with Crippen LogP contribution in [0.5, 0.6) is 0 Å².